The van der Waals surface area contributed by atoms with Crippen molar-refractivity contribution in [1.29, 1.82) is 0 Å². The minimum absolute atomic E-state index is 0. The van der Waals surface area contributed by atoms with Crippen molar-refractivity contribution in [3.63, 3.8) is 0 Å². The molecule has 0 aromatic heterocycles. The average Bonchev–Trinajstić information content (AvgIpc) is 2.05. The second-order valence-corrected chi connectivity index (χ2v) is 1.74. The fraction of sp³-hybridized carbons (Fsp3) is 0. The number of carbonyl (C=O) groups is 1. The molecule has 0 bridgehead atoms. The third kappa shape index (κ3) is 2.61. The van der Waals surface area contributed by atoms with Crippen LogP contribution in [-0.4, -0.2) is 11.2 Å². The van der Waals surface area contributed by atoms with Gasteiger partial charge in [-0.1, -0.05) is 18.2 Å². The van der Waals surface area contributed by atoms with Crippen LogP contribution in [0.5, 0.6) is 0 Å². The molecule has 0 radical (unpaired) electrons. The molecule has 0 spiro atoms. The van der Waals surface area contributed by atoms with Gasteiger partial charge < -0.3 is 0 Å². The Hall–Kier alpha value is -1.00. The summed E-state index contributed by atoms with van der Waals surface area (Å²) in [5.41, 5.74) is 0.338. The van der Waals surface area contributed by atoms with Crippen LogP contribution in [0.4, 0.5) is 0 Å². The van der Waals surface area contributed by atoms with Crippen LogP contribution in [0.3, 0.4) is 0 Å². The van der Waals surface area contributed by atoms with Crippen molar-refractivity contribution in [2.75, 3.05) is 0 Å². The first-order valence-corrected chi connectivity index (χ1v) is 2.75. The van der Waals surface area contributed by atoms with E-state index in [4.69, 9.17) is 5.26 Å². The molecule has 0 heterocycles. The molecule has 0 amide bonds. The summed E-state index contributed by atoms with van der Waals surface area (Å²) in [7, 11) is 0. The Kier molecular flexibility index (Phi) is 4.33. The van der Waals surface area contributed by atoms with Crippen molar-refractivity contribution in [1.82, 2.24) is 0 Å². The highest BCUT2D eigenvalue weighted by atomic mass is 32.1. The standard InChI is InChI=1S/C7H6O3.H2S/c8-7(10-9)6-4-2-1-3-5-6;/h1-5,9H;1H2. The first-order valence-electron chi connectivity index (χ1n) is 2.75. The summed E-state index contributed by atoms with van der Waals surface area (Å²) in [5, 5.41) is 7.94. The number of rotatable bonds is 1. The lowest BCUT2D eigenvalue weighted by atomic mass is 10.2. The second-order valence-electron chi connectivity index (χ2n) is 1.74. The fourth-order valence-corrected chi connectivity index (χ4v) is 0.627. The second kappa shape index (κ2) is 4.76. The van der Waals surface area contributed by atoms with Crippen LogP contribution < -0.4 is 0 Å². The molecule has 0 saturated carbocycles. The lowest BCUT2D eigenvalue weighted by molar-refractivity contribution is -0.182. The van der Waals surface area contributed by atoms with Gasteiger partial charge in [0.1, 0.15) is 0 Å². The Labute approximate surface area is 71.0 Å². The van der Waals surface area contributed by atoms with E-state index in [9.17, 15) is 4.79 Å². The van der Waals surface area contributed by atoms with Crippen LogP contribution in [-0.2, 0) is 4.89 Å². The first-order chi connectivity index (χ1) is 4.84. The number of benzene rings is 1. The molecule has 0 atom stereocenters. The monoisotopic (exact) mass is 172 g/mol. The third-order valence-corrected chi connectivity index (χ3v) is 1.09. The summed E-state index contributed by atoms with van der Waals surface area (Å²) < 4.78 is 0. The topological polar surface area (TPSA) is 46.5 Å². The van der Waals surface area contributed by atoms with E-state index in [1.54, 1.807) is 30.3 Å². The summed E-state index contributed by atoms with van der Waals surface area (Å²) in [5.74, 6) is -0.736. The van der Waals surface area contributed by atoms with Gasteiger partial charge in [-0.3, -0.25) is 4.89 Å². The van der Waals surface area contributed by atoms with E-state index in [-0.39, 0.29) is 13.5 Å². The SMILES string of the molecule is O=C(OO)c1ccccc1.S. The molecule has 1 N–H and O–H groups in total. The van der Waals surface area contributed by atoms with Crippen LogP contribution in [0.15, 0.2) is 30.3 Å². The van der Waals surface area contributed by atoms with Crippen molar-refractivity contribution in [2.45, 2.75) is 0 Å². The van der Waals surface area contributed by atoms with Gasteiger partial charge in [0.15, 0.2) is 0 Å². The number of hydrogen-bond donors (Lipinski definition) is 1. The molecule has 1 rings (SSSR count). The molecule has 0 aliphatic rings. The van der Waals surface area contributed by atoms with E-state index in [0.717, 1.165) is 0 Å². The Balaban J connectivity index is 0.000001000. The van der Waals surface area contributed by atoms with Crippen molar-refractivity contribution in [3.05, 3.63) is 35.9 Å². The van der Waals surface area contributed by atoms with Crippen molar-refractivity contribution < 1.29 is 14.9 Å². The van der Waals surface area contributed by atoms with Crippen LogP contribution in [0.1, 0.15) is 10.4 Å². The van der Waals surface area contributed by atoms with Gasteiger partial charge in [-0.25, -0.2) is 4.79 Å². The van der Waals surface area contributed by atoms with Gasteiger partial charge in [0.05, 0.1) is 5.56 Å². The number of carbonyl (C=O) groups excluding carboxylic acids is 1. The number of hydrogen-bond acceptors (Lipinski definition) is 3. The molecule has 0 saturated heterocycles. The Morgan fingerprint density at radius 1 is 1.27 bits per heavy atom. The molecule has 11 heavy (non-hydrogen) atoms. The molecule has 1 aromatic rings. The molecule has 60 valence electrons. The van der Waals surface area contributed by atoms with Crippen LogP contribution in [0.2, 0.25) is 0 Å². The molecular weight excluding hydrogens is 164 g/mol. The van der Waals surface area contributed by atoms with Crippen LogP contribution in [0.25, 0.3) is 0 Å². The van der Waals surface area contributed by atoms with Gasteiger partial charge in [-0.05, 0) is 12.1 Å². The van der Waals surface area contributed by atoms with E-state index < -0.39 is 5.97 Å². The summed E-state index contributed by atoms with van der Waals surface area (Å²) >= 11 is 0. The first kappa shape index (κ1) is 10.0. The van der Waals surface area contributed by atoms with Crippen molar-refractivity contribution in [2.24, 2.45) is 0 Å². The molecule has 1 aromatic carbocycles. The van der Waals surface area contributed by atoms with Gasteiger partial charge >= 0.3 is 5.97 Å². The maximum absolute atomic E-state index is 10.5. The molecule has 3 nitrogen and oxygen atoms in total. The minimum Gasteiger partial charge on any atom is -0.296 e. The summed E-state index contributed by atoms with van der Waals surface area (Å²) in [6.07, 6.45) is 0. The Bertz CT molecular complexity index is 222. The van der Waals surface area contributed by atoms with E-state index in [0.29, 0.717) is 5.56 Å². The van der Waals surface area contributed by atoms with Crippen molar-refractivity contribution in [3.8, 4) is 0 Å². The zero-order chi connectivity index (χ0) is 7.40. The fourth-order valence-electron chi connectivity index (χ4n) is 0.627. The molecule has 4 heteroatoms. The summed E-state index contributed by atoms with van der Waals surface area (Å²) in [4.78, 5) is 14.0. The predicted octanol–water partition coefficient (Wildman–Crippen LogP) is 1.43. The highest BCUT2D eigenvalue weighted by molar-refractivity contribution is 7.59. The maximum atomic E-state index is 10.5. The molecule has 0 fully saturated rings. The van der Waals surface area contributed by atoms with Gasteiger partial charge in [0.2, 0.25) is 0 Å². The van der Waals surface area contributed by atoms with E-state index in [1.807, 2.05) is 0 Å². The largest absolute Gasteiger partial charge is 0.372 e. The van der Waals surface area contributed by atoms with Crippen LogP contribution >= 0.6 is 13.5 Å². The highest BCUT2D eigenvalue weighted by Crippen LogP contribution is 1.98. The van der Waals surface area contributed by atoms with Crippen LogP contribution in [0, 0.1) is 0 Å². The zero-order valence-electron chi connectivity index (χ0n) is 5.65. The van der Waals surface area contributed by atoms with Gasteiger partial charge in [0.25, 0.3) is 0 Å². The third-order valence-electron chi connectivity index (χ3n) is 1.09. The Morgan fingerprint density at radius 2 is 1.82 bits per heavy atom. The lowest BCUT2D eigenvalue weighted by Crippen LogP contribution is -2.00. The molecule has 0 aliphatic carbocycles. The minimum atomic E-state index is -0.736. The zero-order valence-corrected chi connectivity index (χ0v) is 6.65. The van der Waals surface area contributed by atoms with Gasteiger partial charge in [-0.15, -0.1) is 0 Å². The molecule has 0 unspecified atom stereocenters. The molecule has 0 aliphatic heterocycles. The van der Waals surface area contributed by atoms with E-state index in [1.165, 1.54) is 0 Å². The lowest BCUT2D eigenvalue weighted by Gasteiger charge is -1.92. The van der Waals surface area contributed by atoms with E-state index in [2.05, 4.69) is 4.89 Å². The van der Waals surface area contributed by atoms with Gasteiger partial charge in [-0.2, -0.15) is 18.8 Å². The Morgan fingerprint density at radius 3 is 2.27 bits per heavy atom. The summed E-state index contributed by atoms with van der Waals surface area (Å²) in [6, 6.07) is 8.25. The highest BCUT2D eigenvalue weighted by Gasteiger charge is 2.02. The molecular formula is C7H8O3S. The quantitative estimate of drug-likeness (QED) is 0.515. The normalized spacial score (nSPS) is 8.09. The predicted molar refractivity (Wildman–Crippen MR) is 44.9 cm³/mol. The van der Waals surface area contributed by atoms with E-state index >= 15 is 0 Å². The average molecular weight is 172 g/mol. The van der Waals surface area contributed by atoms with Crippen molar-refractivity contribution >= 4 is 19.5 Å². The maximum Gasteiger partial charge on any atom is 0.372 e. The summed E-state index contributed by atoms with van der Waals surface area (Å²) in [6.45, 7) is 0. The smallest absolute Gasteiger partial charge is 0.296 e. The van der Waals surface area contributed by atoms with Gasteiger partial charge in [0, 0.05) is 0 Å².